The van der Waals surface area contributed by atoms with Gasteiger partial charge in [-0.2, -0.15) is 0 Å². The van der Waals surface area contributed by atoms with Gasteiger partial charge in [-0.3, -0.25) is 10.1 Å². The molecular formula is C11H16N2O3S. The Morgan fingerprint density at radius 2 is 2.59 bits per heavy atom. The Morgan fingerprint density at radius 3 is 3.18 bits per heavy atom. The summed E-state index contributed by atoms with van der Waals surface area (Å²) in [5.74, 6) is 0.559. The molecule has 0 aliphatic carbocycles. The van der Waals surface area contributed by atoms with Crippen molar-refractivity contribution >= 4 is 16.3 Å². The van der Waals surface area contributed by atoms with Crippen LogP contribution in [0.2, 0.25) is 0 Å². The molecule has 1 aromatic heterocycles. The van der Waals surface area contributed by atoms with Crippen LogP contribution in [0.4, 0.5) is 5.00 Å². The normalized spacial score (nSPS) is 21.6. The van der Waals surface area contributed by atoms with Crippen molar-refractivity contribution in [3.8, 4) is 0 Å². The summed E-state index contributed by atoms with van der Waals surface area (Å²) in [6.07, 6.45) is 1.10. The molecule has 0 amide bonds. The van der Waals surface area contributed by atoms with Crippen LogP contribution in [0.3, 0.4) is 0 Å². The average Bonchev–Trinajstić information content (AvgIpc) is 2.97. The van der Waals surface area contributed by atoms with E-state index in [0.717, 1.165) is 25.2 Å². The van der Waals surface area contributed by atoms with Crippen LogP contribution in [0.15, 0.2) is 11.4 Å². The lowest BCUT2D eigenvalue weighted by Gasteiger charge is -2.18. The van der Waals surface area contributed by atoms with Crippen molar-refractivity contribution in [3.05, 3.63) is 27.1 Å². The highest BCUT2D eigenvalue weighted by atomic mass is 32.1. The fraction of sp³-hybridized carbons (Fsp3) is 0.636. The van der Waals surface area contributed by atoms with Gasteiger partial charge in [0.2, 0.25) is 0 Å². The van der Waals surface area contributed by atoms with Crippen LogP contribution in [0.1, 0.15) is 18.9 Å². The summed E-state index contributed by atoms with van der Waals surface area (Å²) in [5.41, 5.74) is 0.979. The van der Waals surface area contributed by atoms with Gasteiger partial charge in [-0.05, 0) is 24.8 Å². The van der Waals surface area contributed by atoms with Gasteiger partial charge in [-0.1, -0.05) is 11.3 Å². The van der Waals surface area contributed by atoms with Crippen LogP contribution >= 0.6 is 11.3 Å². The first-order valence-electron chi connectivity index (χ1n) is 5.69. The molecule has 0 aromatic carbocycles. The zero-order valence-corrected chi connectivity index (χ0v) is 10.5. The van der Waals surface area contributed by atoms with Crippen molar-refractivity contribution in [3.63, 3.8) is 0 Å². The highest BCUT2D eigenvalue weighted by Crippen LogP contribution is 2.23. The predicted octanol–water partition coefficient (Wildman–Crippen LogP) is 2.17. The number of hydrogen-bond donors (Lipinski definition) is 1. The predicted molar refractivity (Wildman–Crippen MR) is 66.2 cm³/mol. The maximum absolute atomic E-state index is 10.5. The van der Waals surface area contributed by atoms with Gasteiger partial charge in [-0.15, -0.1) is 0 Å². The van der Waals surface area contributed by atoms with Crippen LogP contribution in [0.5, 0.6) is 0 Å². The number of hydrogen-bond acceptors (Lipinski definition) is 5. The molecule has 0 saturated carbocycles. The van der Waals surface area contributed by atoms with E-state index < -0.39 is 0 Å². The van der Waals surface area contributed by atoms with Gasteiger partial charge < -0.3 is 10.1 Å². The Bertz CT molecular complexity index is 388. The molecule has 0 radical (unpaired) electrons. The van der Waals surface area contributed by atoms with Crippen LogP contribution in [0.25, 0.3) is 0 Å². The van der Waals surface area contributed by atoms with E-state index in [-0.39, 0.29) is 9.92 Å². The molecule has 5 nitrogen and oxygen atoms in total. The molecule has 2 heterocycles. The van der Waals surface area contributed by atoms with Crippen LogP contribution in [-0.2, 0) is 11.3 Å². The number of nitrogens with one attached hydrogen (secondary N) is 1. The topological polar surface area (TPSA) is 64.4 Å². The first-order chi connectivity index (χ1) is 8.16. The van der Waals surface area contributed by atoms with Crippen molar-refractivity contribution in [2.45, 2.75) is 25.9 Å². The number of thiophene rings is 1. The molecule has 1 N–H and O–H groups in total. The lowest BCUT2D eigenvalue weighted by atomic mass is 10.0. The SMILES string of the molecule is CC(NCc1csc([N+](=O)[O-])c1)C1CCOC1. The van der Waals surface area contributed by atoms with Gasteiger partial charge in [0.25, 0.3) is 0 Å². The molecule has 6 heteroatoms. The zero-order chi connectivity index (χ0) is 12.3. The zero-order valence-electron chi connectivity index (χ0n) is 9.72. The summed E-state index contributed by atoms with van der Waals surface area (Å²) in [6.45, 7) is 4.49. The number of ether oxygens (including phenoxy) is 1. The smallest absolute Gasteiger partial charge is 0.324 e. The van der Waals surface area contributed by atoms with E-state index >= 15 is 0 Å². The fourth-order valence-corrected chi connectivity index (χ4v) is 2.67. The molecule has 1 saturated heterocycles. The Kier molecular flexibility index (Phi) is 4.09. The molecule has 0 bridgehead atoms. The van der Waals surface area contributed by atoms with Crippen LogP contribution < -0.4 is 5.32 Å². The van der Waals surface area contributed by atoms with Crippen LogP contribution in [0, 0.1) is 16.0 Å². The second kappa shape index (κ2) is 5.57. The van der Waals surface area contributed by atoms with E-state index in [0.29, 0.717) is 18.5 Å². The van der Waals surface area contributed by atoms with E-state index in [9.17, 15) is 10.1 Å². The Labute approximate surface area is 104 Å². The molecule has 2 atom stereocenters. The van der Waals surface area contributed by atoms with Gasteiger partial charge >= 0.3 is 5.00 Å². The number of nitrogens with zero attached hydrogens (tertiary/aromatic N) is 1. The van der Waals surface area contributed by atoms with Crippen molar-refractivity contribution in [2.75, 3.05) is 13.2 Å². The summed E-state index contributed by atoms with van der Waals surface area (Å²) in [7, 11) is 0. The summed E-state index contributed by atoms with van der Waals surface area (Å²) in [4.78, 5) is 10.2. The van der Waals surface area contributed by atoms with Crippen molar-refractivity contribution in [2.24, 2.45) is 5.92 Å². The third-order valence-electron chi connectivity index (χ3n) is 3.12. The minimum Gasteiger partial charge on any atom is -0.381 e. The largest absolute Gasteiger partial charge is 0.381 e. The van der Waals surface area contributed by atoms with E-state index in [1.54, 1.807) is 6.07 Å². The molecule has 1 aliphatic heterocycles. The molecule has 94 valence electrons. The van der Waals surface area contributed by atoms with Gasteiger partial charge in [0.15, 0.2) is 0 Å². The third kappa shape index (κ3) is 3.24. The second-order valence-corrected chi connectivity index (χ2v) is 5.23. The van der Waals surface area contributed by atoms with Gasteiger partial charge in [0.1, 0.15) is 0 Å². The standard InChI is InChI=1S/C11H16N2O3S/c1-8(10-2-3-16-6-10)12-5-9-4-11(13(14)15)17-7-9/h4,7-8,10,12H,2-3,5-6H2,1H3. The summed E-state index contributed by atoms with van der Waals surface area (Å²) >= 11 is 1.18. The first kappa shape index (κ1) is 12.5. The maximum atomic E-state index is 10.5. The second-order valence-electron chi connectivity index (χ2n) is 4.34. The van der Waals surface area contributed by atoms with E-state index in [4.69, 9.17) is 4.74 Å². The minimum atomic E-state index is -0.345. The molecule has 1 fully saturated rings. The highest BCUT2D eigenvalue weighted by Gasteiger charge is 2.22. The summed E-state index contributed by atoms with van der Waals surface area (Å²) in [6, 6.07) is 2.02. The van der Waals surface area contributed by atoms with Gasteiger partial charge in [0, 0.05) is 30.6 Å². The van der Waals surface area contributed by atoms with Crippen molar-refractivity contribution in [1.82, 2.24) is 5.32 Å². The first-order valence-corrected chi connectivity index (χ1v) is 6.57. The maximum Gasteiger partial charge on any atom is 0.324 e. The van der Waals surface area contributed by atoms with Gasteiger partial charge in [0.05, 0.1) is 11.5 Å². The Hall–Kier alpha value is -0.980. The molecule has 1 aliphatic rings. The average molecular weight is 256 g/mol. The lowest BCUT2D eigenvalue weighted by Crippen LogP contribution is -2.33. The third-order valence-corrected chi connectivity index (χ3v) is 4.05. The van der Waals surface area contributed by atoms with Gasteiger partial charge in [-0.25, -0.2) is 0 Å². The lowest BCUT2D eigenvalue weighted by molar-refractivity contribution is -0.380. The monoisotopic (exact) mass is 256 g/mol. The minimum absolute atomic E-state index is 0.207. The van der Waals surface area contributed by atoms with Crippen molar-refractivity contribution < 1.29 is 9.66 Å². The molecule has 17 heavy (non-hydrogen) atoms. The van der Waals surface area contributed by atoms with Crippen molar-refractivity contribution in [1.29, 1.82) is 0 Å². The highest BCUT2D eigenvalue weighted by molar-refractivity contribution is 7.13. The summed E-state index contributed by atoms with van der Waals surface area (Å²) < 4.78 is 5.34. The molecule has 0 spiro atoms. The summed E-state index contributed by atoms with van der Waals surface area (Å²) in [5, 5.41) is 16.0. The van der Waals surface area contributed by atoms with Crippen LogP contribution in [-0.4, -0.2) is 24.2 Å². The molecular weight excluding hydrogens is 240 g/mol. The Morgan fingerprint density at radius 1 is 1.76 bits per heavy atom. The molecule has 2 rings (SSSR count). The quantitative estimate of drug-likeness (QED) is 0.647. The van der Waals surface area contributed by atoms with E-state index in [1.807, 2.05) is 5.38 Å². The fourth-order valence-electron chi connectivity index (χ4n) is 1.94. The number of nitro groups is 1. The van der Waals surface area contributed by atoms with E-state index in [1.165, 1.54) is 11.3 Å². The molecule has 2 unspecified atom stereocenters. The number of rotatable bonds is 5. The Balaban J connectivity index is 1.82. The van der Waals surface area contributed by atoms with E-state index in [2.05, 4.69) is 12.2 Å². The molecule has 1 aromatic rings.